The molecule has 1 aromatic rings. The van der Waals surface area contributed by atoms with Gasteiger partial charge in [-0.25, -0.2) is 4.98 Å². The van der Waals surface area contributed by atoms with Gasteiger partial charge in [-0.3, -0.25) is 4.79 Å². The zero-order chi connectivity index (χ0) is 10.7. The molecule has 4 nitrogen and oxygen atoms in total. The van der Waals surface area contributed by atoms with Crippen LogP contribution < -0.4 is 10.6 Å². The number of nitrogens with one attached hydrogen (secondary N) is 2. The first-order valence-electron chi connectivity index (χ1n) is 5.19. The molecule has 0 spiro atoms. The van der Waals surface area contributed by atoms with Crippen LogP contribution in [0.5, 0.6) is 0 Å². The Labute approximate surface area is 117 Å². The summed E-state index contributed by atoms with van der Waals surface area (Å²) < 4.78 is 0. The van der Waals surface area contributed by atoms with Crippen LogP contribution in [0.1, 0.15) is 28.2 Å². The Morgan fingerprint density at radius 3 is 2.94 bits per heavy atom. The van der Waals surface area contributed by atoms with Crippen molar-refractivity contribution in [2.75, 3.05) is 13.1 Å². The summed E-state index contributed by atoms with van der Waals surface area (Å²) in [5.41, 5.74) is 2.52. The van der Waals surface area contributed by atoms with Gasteiger partial charge in [-0.2, -0.15) is 0 Å². The number of rotatable bonds is 3. The van der Waals surface area contributed by atoms with Gasteiger partial charge < -0.3 is 10.6 Å². The maximum Gasteiger partial charge on any atom is 0.263 e. The van der Waals surface area contributed by atoms with E-state index in [1.54, 1.807) is 5.51 Å². The minimum atomic E-state index is 0. The summed E-state index contributed by atoms with van der Waals surface area (Å²) in [4.78, 5) is 16.5. The lowest BCUT2D eigenvalue weighted by molar-refractivity contribution is 0.0953. The first kappa shape index (κ1) is 16.6. The average Bonchev–Trinajstić information content (AvgIpc) is 2.84. The summed E-state index contributed by atoms with van der Waals surface area (Å²) in [5, 5.41) is 6.28. The monoisotopic (exact) mass is 297 g/mol. The van der Waals surface area contributed by atoms with Crippen molar-refractivity contribution >= 4 is 42.1 Å². The van der Waals surface area contributed by atoms with Crippen molar-refractivity contribution < 1.29 is 4.79 Å². The molecule has 0 saturated carbocycles. The van der Waals surface area contributed by atoms with Crippen molar-refractivity contribution in [3.05, 3.63) is 16.1 Å². The molecule has 0 aliphatic carbocycles. The van der Waals surface area contributed by atoms with E-state index in [0.29, 0.717) is 6.04 Å². The second-order valence-electron chi connectivity index (χ2n) is 3.77. The summed E-state index contributed by atoms with van der Waals surface area (Å²) >= 11 is 1.40. The number of carbonyl (C=O) groups is 1. The van der Waals surface area contributed by atoms with Gasteiger partial charge in [0, 0.05) is 12.6 Å². The first-order chi connectivity index (χ1) is 7.27. The third kappa shape index (κ3) is 4.43. The number of thiazole rings is 1. The number of halogens is 2. The van der Waals surface area contributed by atoms with E-state index in [1.807, 2.05) is 6.92 Å². The van der Waals surface area contributed by atoms with E-state index in [4.69, 9.17) is 0 Å². The third-order valence-corrected chi connectivity index (χ3v) is 3.55. The van der Waals surface area contributed by atoms with E-state index >= 15 is 0 Å². The van der Waals surface area contributed by atoms with Crippen LogP contribution in [0.25, 0.3) is 0 Å². The quantitative estimate of drug-likeness (QED) is 0.894. The lowest BCUT2D eigenvalue weighted by Crippen LogP contribution is -2.37. The smallest absolute Gasteiger partial charge is 0.263 e. The third-order valence-electron chi connectivity index (χ3n) is 2.62. The van der Waals surface area contributed by atoms with Crippen molar-refractivity contribution in [3.63, 3.8) is 0 Å². The molecule has 1 aliphatic heterocycles. The van der Waals surface area contributed by atoms with Crippen molar-refractivity contribution in [1.82, 2.24) is 15.6 Å². The summed E-state index contributed by atoms with van der Waals surface area (Å²) in [7, 11) is 0. The lowest BCUT2D eigenvalue weighted by Gasteiger charge is -2.10. The van der Waals surface area contributed by atoms with Gasteiger partial charge >= 0.3 is 0 Å². The Morgan fingerprint density at radius 2 is 2.41 bits per heavy atom. The van der Waals surface area contributed by atoms with E-state index in [-0.39, 0.29) is 30.7 Å². The molecule has 98 valence electrons. The van der Waals surface area contributed by atoms with Crippen molar-refractivity contribution in [2.45, 2.75) is 25.8 Å². The minimum Gasteiger partial charge on any atom is -0.350 e. The fourth-order valence-electron chi connectivity index (χ4n) is 1.75. The summed E-state index contributed by atoms with van der Waals surface area (Å²) in [5.74, 6) is 0.00343. The van der Waals surface area contributed by atoms with Gasteiger partial charge in [0.1, 0.15) is 4.88 Å². The Bertz CT molecular complexity index is 353. The highest BCUT2D eigenvalue weighted by atomic mass is 35.5. The number of aromatic nitrogens is 1. The van der Waals surface area contributed by atoms with Crippen LogP contribution >= 0.6 is 36.2 Å². The minimum absolute atomic E-state index is 0. The topological polar surface area (TPSA) is 54.0 Å². The fourth-order valence-corrected chi connectivity index (χ4v) is 2.47. The maximum absolute atomic E-state index is 11.7. The molecule has 1 unspecified atom stereocenters. The lowest BCUT2D eigenvalue weighted by atomic mass is 10.2. The molecule has 2 N–H and O–H groups in total. The predicted molar refractivity (Wildman–Crippen MR) is 74.7 cm³/mol. The average molecular weight is 298 g/mol. The molecule has 2 heterocycles. The highest BCUT2D eigenvalue weighted by molar-refractivity contribution is 7.11. The molecule has 1 amide bonds. The van der Waals surface area contributed by atoms with Gasteiger partial charge in [0.15, 0.2) is 0 Å². The molecular formula is C10H17Cl2N3OS. The molecule has 0 radical (unpaired) electrons. The Morgan fingerprint density at radius 1 is 1.65 bits per heavy atom. The molecule has 2 rings (SSSR count). The zero-order valence-electron chi connectivity index (χ0n) is 9.56. The Kier molecular flexibility index (Phi) is 7.70. The van der Waals surface area contributed by atoms with Gasteiger partial charge in [-0.1, -0.05) is 0 Å². The van der Waals surface area contributed by atoms with Gasteiger partial charge in [0.25, 0.3) is 5.91 Å². The summed E-state index contributed by atoms with van der Waals surface area (Å²) in [6.45, 7) is 3.65. The van der Waals surface area contributed by atoms with Crippen LogP contribution in [0, 0.1) is 6.92 Å². The van der Waals surface area contributed by atoms with E-state index < -0.39 is 0 Å². The zero-order valence-corrected chi connectivity index (χ0v) is 12.0. The summed E-state index contributed by atoms with van der Waals surface area (Å²) in [6.07, 6.45) is 2.36. The van der Waals surface area contributed by atoms with Crippen LogP contribution in [0.15, 0.2) is 5.51 Å². The van der Waals surface area contributed by atoms with E-state index in [9.17, 15) is 4.79 Å². The molecule has 0 bridgehead atoms. The fraction of sp³-hybridized carbons (Fsp3) is 0.600. The SMILES string of the molecule is Cc1ncsc1C(=O)NCC1CCCN1.Cl.Cl. The van der Waals surface area contributed by atoms with E-state index in [1.165, 1.54) is 17.8 Å². The van der Waals surface area contributed by atoms with Gasteiger partial charge in [-0.05, 0) is 26.3 Å². The molecule has 17 heavy (non-hydrogen) atoms. The second kappa shape index (κ2) is 7.87. The van der Waals surface area contributed by atoms with Gasteiger partial charge in [-0.15, -0.1) is 36.2 Å². The van der Waals surface area contributed by atoms with Crippen LogP contribution in [0.2, 0.25) is 0 Å². The number of hydrogen-bond donors (Lipinski definition) is 2. The van der Waals surface area contributed by atoms with Crippen molar-refractivity contribution in [1.29, 1.82) is 0 Å². The Hall–Kier alpha value is -0.360. The largest absolute Gasteiger partial charge is 0.350 e. The first-order valence-corrected chi connectivity index (χ1v) is 6.07. The second-order valence-corrected chi connectivity index (χ2v) is 4.62. The molecule has 1 saturated heterocycles. The molecule has 7 heteroatoms. The molecule has 1 fully saturated rings. The highest BCUT2D eigenvalue weighted by Crippen LogP contribution is 2.11. The number of nitrogens with zero attached hydrogens (tertiary/aromatic N) is 1. The molecule has 0 aromatic carbocycles. The van der Waals surface area contributed by atoms with Crippen molar-refractivity contribution in [3.8, 4) is 0 Å². The highest BCUT2D eigenvalue weighted by Gasteiger charge is 2.16. The maximum atomic E-state index is 11.7. The van der Waals surface area contributed by atoms with Crippen LogP contribution in [0.3, 0.4) is 0 Å². The predicted octanol–water partition coefficient (Wildman–Crippen LogP) is 1.78. The molecular weight excluding hydrogens is 281 g/mol. The van der Waals surface area contributed by atoms with Crippen LogP contribution in [-0.2, 0) is 0 Å². The molecule has 1 atom stereocenters. The number of aryl methyl sites for hydroxylation is 1. The number of hydrogen-bond acceptors (Lipinski definition) is 4. The van der Waals surface area contributed by atoms with Crippen LogP contribution in [-0.4, -0.2) is 30.0 Å². The normalized spacial score (nSPS) is 18.1. The standard InChI is InChI=1S/C10H15N3OS.2ClH/c1-7-9(15-6-13-7)10(14)12-5-8-3-2-4-11-8;;/h6,8,11H,2-5H2,1H3,(H,12,14);2*1H. The van der Waals surface area contributed by atoms with E-state index in [0.717, 1.165) is 30.1 Å². The number of amides is 1. The van der Waals surface area contributed by atoms with Crippen molar-refractivity contribution in [2.24, 2.45) is 0 Å². The van der Waals surface area contributed by atoms with Gasteiger partial charge in [0.05, 0.1) is 11.2 Å². The van der Waals surface area contributed by atoms with E-state index in [2.05, 4.69) is 15.6 Å². The number of carbonyl (C=O) groups excluding carboxylic acids is 1. The molecule has 1 aromatic heterocycles. The molecule has 1 aliphatic rings. The van der Waals surface area contributed by atoms with Crippen LogP contribution in [0.4, 0.5) is 0 Å². The van der Waals surface area contributed by atoms with Gasteiger partial charge in [0.2, 0.25) is 0 Å². The Balaban J connectivity index is 0.00000128. The summed E-state index contributed by atoms with van der Waals surface area (Å²) in [6, 6.07) is 0.446.